The van der Waals surface area contributed by atoms with Gasteiger partial charge < -0.3 is 10.2 Å². The van der Waals surface area contributed by atoms with Crippen LogP contribution in [0.1, 0.15) is 36.6 Å². The van der Waals surface area contributed by atoms with E-state index < -0.39 is 17.8 Å². The van der Waals surface area contributed by atoms with Gasteiger partial charge in [0.05, 0.1) is 11.6 Å². The molecule has 33 heavy (non-hydrogen) atoms. The van der Waals surface area contributed by atoms with Crippen LogP contribution in [0.4, 0.5) is 24.5 Å². The molecular weight excluding hydrogens is 423 g/mol. The lowest BCUT2D eigenvalue weighted by Crippen LogP contribution is -2.48. The van der Waals surface area contributed by atoms with E-state index in [0.29, 0.717) is 6.04 Å². The van der Waals surface area contributed by atoms with E-state index in [1.807, 2.05) is 60.7 Å². The number of piperazine rings is 1. The standard InChI is InChI=1S/C27H30F3N3/c1-20(2)32-15-17-33(18-16-32)23-13-14-24(27(28,29)30)25(19-23)31-26(21-9-5-3-6-10-21)22-11-7-4-8-12-22/h3-14,19-20,26,31H,15-18H2,1-2H3. The van der Waals surface area contributed by atoms with E-state index in [1.54, 1.807) is 12.1 Å². The topological polar surface area (TPSA) is 18.5 Å². The van der Waals surface area contributed by atoms with E-state index in [9.17, 15) is 13.2 Å². The van der Waals surface area contributed by atoms with Gasteiger partial charge in [0.15, 0.2) is 0 Å². The van der Waals surface area contributed by atoms with Gasteiger partial charge in [-0.1, -0.05) is 60.7 Å². The van der Waals surface area contributed by atoms with Gasteiger partial charge in [0, 0.05) is 43.6 Å². The summed E-state index contributed by atoms with van der Waals surface area (Å²) in [5.41, 5.74) is 2.09. The second-order valence-corrected chi connectivity index (χ2v) is 8.74. The number of hydrogen-bond donors (Lipinski definition) is 1. The van der Waals surface area contributed by atoms with Crippen molar-refractivity contribution in [2.75, 3.05) is 36.4 Å². The second-order valence-electron chi connectivity index (χ2n) is 8.74. The quantitative estimate of drug-likeness (QED) is 0.464. The number of rotatable bonds is 6. The smallest absolute Gasteiger partial charge is 0.374 e. The molecule has 3 aromatic rings. The number of benzene rings is 3. The summed E-state index contributed by atoms with van der Waals surface area (Å²) in [6, 6.07) is 23.7. The van der Waals surface area contributed by atoms with Crippen LogP contribution in [0.2, 0.25) is 0 Å². The zero-order chi connectivity index (χ0) is 23.4. The highest BCUT2D eigenvalue weighted by Gasteiger charge is 2.35. The summed E-state index contributed by atoms with van der Waals surface area (Å²) in [7, 11) is 0. The maximum atomic E-state index is 14.0. The van der Waals surface area contributed by atoms with E-state index in [1.165, 1.54) is 6.07 Å². The number of alkyl halides is 3. The minimum atomic E-state index is -4.45. The predicted molar refractivity (Wildman–Crippen MR) is 129 cm³/mol. The third-order valence-corrected chi connectivity index (χ3v) is 6.28. The Bertz CT molecular complexity index is 988. The van der Waals surface area contributed by atoms with Gasteiger partial charge in [0.25, 0.3) is 0 Å². The minimum Gasteiger partial charge on any atom is -0.374 e. The van der Waals surface area contributed by atoms with Crippen LogP contribution in [0.15, 0.2) is 78.9 Å². The molecule has 1 N–H and O–H groups in total. The Morgan fingerprint density at radius 3 is 1.79 bits per heavy atom. The second kappa shape index (κ2) is 9.87. The lowest BCUT2D eigenvalue weighted by atomic mass is 9.97. The maximum absolute atomic E-state index is 14.0. The highest BCUT2D eigenvalue weighted by atomic mass is 19.4. The van der Waals surface area contributed by atoms with Crippen LogP contribution >= 0.6 is 0 Å². The van der Waals surface area contributed by atoms with Crippen LogP contribution in [-0.2, 0) is 6.18 Å². The molecule has 3 aromatic carbocycles. The number of nitrogens with zero attached hydrogens (tertiary/aromatic N) is 2. The fourth-order valence-electron chi connectivity index (χ4n) is 4.40. The van der Waals surface area contributed by atoms with Crippen molar-refractivity contribution in [3.63, 3.8) is 0 Å². The number of anilines is 2. The molecule has 174 valence electrons. The molecule has 1 aliphatic heterocycles. The van der Waals surface area contributed by atoms with Crippen molar-refractivity contribution in [2.24, 2.45) is 0 Å². The van der Waals surface area contributed by atoms with Crippen molar-refractivity contribution in [3.05, 3.63) is 95.6 Å². The van der Waals surface area contributed by atoms with Crippen LogP contribution in [0.5, 0.6) is 0 Å². The van der Waals surface area contributed by atoms with Gasteiger partial charge in [-0.05, 0) is 43.2 Å². The Balaban J connectivity index is 1.69. The Morgan fingerprint density at radius 2 is 1.30 bits per heavy atom. The molecule has 1 fully saturated rings. The summed E-state index contributed by atoms with van der Waals surface area (Å²) in [6.45, 7) is 7.73. The van der Waals surface area contributed by atoms with E-state index in [-0.39, 0.29) is 5.69 Å². The Kier molecular flexibility index (Phi) is 6.94. The van der Waals surface area contributed by atoms with Crippen LogP contribution in [0, 0.1) is 0 Å². The number of hydrogen-bond acceptors (Lipinski definition) is 3. The van der Waals surface area contributed by atoms with Crippen molar-refractivity contribution in [3.8, 4) is 0 Å². The molecule has 0 bridgehead atoms. The predicted octanol–water partition coefficient (Wildman–Crippen LogP) is 6.44. The lowest BCUT2D eigenvalue weighted by Gasteiger charge is -2.38. The van der Waals surface area contributed by atoms with Gasteiger partial charge in [0.2, 0.25) is 0 Å². The SMILES string of the molecule is CC(C)N1CCN(c2ccc(C(F)(F)F)c(NC(c3ccccc3)c3ccccc3)c2)CC1. The van der Waals surface area contributed by atoms with Crippen molar-refractivity contribution < 1.29 is 13.2 Å². The highest BCUT2D eigenvalue weighted by Crippen LogP contribution is 2.39. The molecular formula is C27H30F3N3. The molecule has 0 aromatic heterocycles. The summed E-state index contributed by atoms with van der Waals surface area (Å²) < 4.78 is 41.9. The molecule has 4 rings (SSSR count). The van der Waals surface area contributed by atoms with E-state index >= 15 is 0 Å². The Morgan fingerprint density at radius 1 is 0.758 bits per heavy atom. The van der Waals surface area contributed by atoms with Crippen molar-refractivity contribution in [1.29, 1.82) is 0 Å². The van der Waals surface area contributed by atoms with Crippen molar-refractivity contribution in [2.45, 2.75) is 32.1 Å². The molecule has 0 atom stereocenters. The van der Waals surface area contributed by atoms with Crippen molar-refractivity contribution in [1.82, 2.24) is 4.90 Å². The number of nitrogens with one attached hydrogen (secondary N) is 1. The fourth-order valence-corrected chi connectivity index (χ4v) is 4.40. The number of halogens is 3. The van der Waals surface area contributed by atoms with Crippen molar-refractivity contribution >= 4 is 11.4 Å². The third-order valence-electron chi connectivity index (χ3n) is 6.28. The van der Waals surface area contributed by atoms with Gasteiger partial charge >= 0.3 is 6.18 Å². The normalized spacial score (nSPS) is 15.3. The molecule has 0 radical (unpaired) electrons. The lowest BCUT2D eigenvalue weighted by molar-refractivity contribution is -0.137. The molecule has 0 amide bonds. The largest absolute Gasteiger partial charge is 0.418 e. The summed E-state index contributed by atoms with van der Waals surface area (Å²) in [5.74, 6) is 0. The minimum absolute atomic E-state index is 0.101. The van der Waals surface area contributed by atoms with E-state index in [4.69, 9.17) is 0 Å². The van der Waals surface area contributed by atoms with E-state index in [0.717, 1.165) is 43.0 Å². The average Bonchev–Trinajstić information content (AvgIpc) is 2.83. The first kappa shape index (κ1) is 23.2. The molecule has 0 aliphatic carbocycles. The Hall–Kier alpha value is -2.99. The molecule has 3 nitrogen and oxygen atoms in total. The van der Waals surface area contributed by atoms with E-state index in [2.05, 4.69) is 29.0 Å². The molecule has 1 aliphatic rings. The molecule has 6 heteroatoms. The van der Waals surface area contributed by atoms with Crippen LogP contribution in [-0.4, -0.2) is 37.1 Å². The third kappa shape index (κ3) is 5.50. The maximum Gasteiger partial charge on any atom is 0.418 e. The van der Waals surface area contributed by atoms with Gasteiger partial charge in [-0.25, -0.2) is 0 Å². The average molecular weight is 454 g/mol. The molecule has 0 spiro atoms. The zero-order valence-corrected chi connectivity index (χ0v) is 19.0. The summed E-state index contributed by atoms with van der Waals surface area (Å²) in [4.78, 5) is 4.56. The first-order valence-corrected chi connectivity index (χ1v) is 11.4. The molecule has 0 saturated carbocycles. The van der Waals surface area contributed by atoms with Gasteiger partial charge in [-0.15, -0.1) is 0 Å². The summed E-state index contributed by atoms with van der Waals surface area (Å²) in [5, 5.41) is 3.24. The molecule has 1 heterocycles. The molecule has 1 saturated heterocycles. The zero-order valence-electron chi connectivity index (χ0n) is 19.0. The van der Waals surface area contributed by atoms with Gasteiger partial charge in [-0.2, -0.15) is 13.2 Å². The monoisotopic (exact) mass is 453 g/mol. The first-order chi connectivity index (χ1) is 15.8. The van der Waals surface area contributed by atoms with Crippen LogP contribution in [0.25, 0.3) is 0 Å². The van der Waals surface area contributed by atoms with Gasteiger partial charge in [-0.3, -0.25) is 4.90 Å². The summed E-state index contributed by atoms with van der Waals surface area (Å²) in [6.07, 6.45) is -4.45. The summed E-state index contributed by atoms with van der Waals surface area (Å²) >= 11 is 0. The Labute approximate surface area is 193 Å². The first-order valence-electron chi connectivity index (χ1n) is 11.4. The fraction of sp³-hybridized carbons (Fsp3) is 0.333. The highest BCUT2D eigenvalue weighted by molar-refractivity contribution is 5.65. The molecule has 0 unspecified atom stereocenters. The van der Waals surface area contributed by atoms with Gasteiger partial charge in [0.1, 0.15) is 0 Å². The van der Waals surface area contributed by atoms with Crippen LogP contribution in [0.3, 0.4) is 0 Å². The van der Waals surface area contributed by atoms with Crippen LogP contribution < -0.4 is 10.2 Å².